The predicted octanol–water partition coefficient (Wildman–Crippen LogP) is 2.92. The number of esters is 1. The van der Waals surface area contributed by atoms with Crippen molar-refractivity contribution in [2.45, 2.75) is 26.7 Å². The van der Waals surface area contributed by atoms with E-state index in [1.54, 1.807) is 11.8 Å². The number of rotatable bonds is 5. The molecule has 1 aliphatic rings. The summed E-state index contributed by atoms with van der Waals surface area (Å²) in [5.41, 5.74) is -0.969. The highest BCUT2D eigenvalue weighted by Crippen LogP contribution is 2.38. The van der Waals surface area contributed by atoms with E-state index in [2.05, 4.69) is 6.92 Å². The molecule has 0 amide bonds. The van der Waals surface area contributed by atoms with Crippen LogP contribution in [0.4, 0.5) is 17.1 Å². The summed E-state index contributed by atoms with van der Waals surface area (Å²) in [4.78, 5) is 35.0. The molecule has 1 aliphatic heterocycles. The van der Waals surface area contributed by atoms with Crippen LogP contribution in [0.5, 0.6) is 0 Å². The minimum absolute atomic E-state index is 0.0752. The first kappa shape index (κ1) is 17.6. The number of nitro benzene ring substituents is 2. The number of carbonyl (C=O) groups excluding carboxylic acids is 1. The lowest BCUT2D eigenvalue weighted by atomic mass is 9.97. The maximum Gasteiger partial charge on any atom is 0.340 e. The van der Waals surface area contributed by atoms with E-state index >= 15 is 0 Å². The maximum atomic E-state index is 12.2. The van der Waals surface area contributed by atoms with Crippen molar-refractivity contribution in [3.63, 3.8) is 0 Å². The quantitative estimate of drug-likeness (QED) is 0.460. The van der Waals surface area contributed by atoms with Crippen molar-refractivity contribution in [1.82, 2.24) is 0 Å². The van der Waals surface area contributed by atoms with Crippen molar-refractivity contribution in [2.24, 2.45) is 5.92 Å². The maximum absolute atomic E-state index is 12.2. The molecule has 1 fully saturated rings. The van der Waals surface area contributed by atoms with Crippen LogP contribution in [-0.4, -0.2) is 35.5 Å². The van der Waals surface area contributed by atoms with Gasteiger partial charge in [0.05, 0.1) is 28.1 Å². The second-order valence-corrected chi connectivity index (χ2v) is 5.77. The molecule has 0 unspecified atom stereocenters. The Balaban J connectivity index is 2.61. The molecule has 1 aromatic rings. The number of ether oxygens (including phenoxy) is 1. The van der Waals surface area contributed by atoms with Gasteiger partial charge in [0, 0.05) is 19.2 Å². The Morgan fingerprint density at radius 2 is 1.88 bits per heavy atom. The molecular weight excluding hydrogens is 318 g/mol. The second-order valence-electron chi connectivity index (χ2n) is 5.77. The Labute approximate surface area is 138 Å². The molecule has 1 heterocycles. The van der Waals surface area contributed by atoms with E-state index in [4.69, 9.17) is 4.74 Å². The summed E-state index contributed by atoms with van der Waals surface area (Å²) >= 11 is 0. The van der Waals surface area contributed by atoms with E-state index in [0.29, 0.717) is 19.0 Å². The Hall–Kier alpha value is -2.71. The first-order valence-corrected chi connectivity index (χ1v) is 7.74. The van der Waals surface area contributed by atoms with Crippen molar-refractivity contribution in [1.29, 1.82) is 0 Å². The Bertz CT molecular complexity index is 667. The lowest BCUT2D eigenvalue weighted by molar-refractivity contribution is -0.393. The summed E-state index contributed by atoms with van der Waals surface area (Å²) in [5.74, 6) is -0.303. The van der Waals surface area contributed by atoms with Crippen LogP contribution in [0.2, 0.25) is 0 Å². The smallest absolute Gasteiger partial charge is 0.340 e. The first-order valence-electron chi connectivity index (χ1n) is 7.74. The number of hydrogen-bond acceptors (Lipinski definition) is 7. The normalized spacial score (nSPS) is 15.2. The molecule has 2 rings (SSSR count). The molecule has 9 heteroatoms. The third kappa shape index (κ3) is 3.61. The molecule has 0 aromatic heterocycles. The second kappa shape index (κ2) is 7.24. The van der Waals surface area contributed by atoms with Gasteiger partial charge in [-0.05, 0) is 25.7 Å². The van der Waals surface area contributed by atoms with E-state index in [1.165, 1.54) is 0 Å². The van der Waals surface area contributed by atoms with Gasteiger partial charge in [-0.2, -0.15) is 0 Å². The van der Waals surface area contributed by atoms with Crippen LogP contribution >= 0.6 is 0 Å². The molecule has 1 saturated heterocycles. The highest BCUT2D eigenvalue weighted by Gasteiger charge is 2.32. The van der Waals surface area contributed by atoms with Gasteiger partial charge in [-0.15, -0.1) is 0 Å². The number of anilines is 1. The van der Waals surface area contributed by atoms with Crippen LogP contribution < -0.4 is 4.90 Å². The molecule has 0 atom stereocenters. The highest BCUT2D eigenvalue weighted by atomic mass is 16.6. The number of piperidine rings is 1. The Morgan fingerprint density at radius 1 is 1.25 bits per heavy atom. The average Bonchev–Trinajstić information content (AvgIpc) is 2.54. The fourth-order valence-corrected chi connectivity index (χ4v) is 2.78. The van der Waals surface area contributed by atoms with Crippen molar-refractivity contribution in [3.8, 4) is 0 Å². The number of nitro groups is 2. The molecule has 0 saturated carbocycles. The van der Waals surface area contributed by atoms with E-state index in [0.717, 1.165) is 25.0 Å². The van der Waals surface area contributed by atoms with Crippen LogP contribution in [0, 0.1) is 26.1 Å². The van der Waals surface area contributed by atoms with Crippen molar-refractivity contribution < 1.29 is 19.4 Å². The monoisotopic (exact) mass is 337 g/mol. The molecule has 24 heavy (non-hydrogen) atoms. The van der Waals surface area contributed by atoms with Crippen LogP contribution in [0.15, 0.2) is 12.1 Å². The summed E-state index contributed by atoms with van der Waals surface area (Å²) < 4.78 is 4.94. The van der Waals surface area contributed by atoms with Crippen LogP contribution in [0.25, 0.3) is 0 Å². The fraction of sp³-hybridized carbons (Fsp3) is 0.533. The van der Waals surface area contributed by atoms with Gasteiger partial charge in [0.25, 0.3) is 11.4 Å². The van der Waals surface area contributed by atoms with Gasteiger partial charge in [-0.3, -0.25) is 20.2 Å². The fourth-order valence-electron chi connectivity index (χ4n) is 2.78. The van der Waals surface area contributed by atoms with Crippen molar-refractivity contribution in [2.75, 3.05) is 24.6 Å². The summed E-state index contributed by atoms with van der Waals surface area (Å²) in [7, 11) is 0. The summed E-state index contributed by atoms with van der Waals surface area (Å²) in [6, 6.07) is 1.95. The third-order valence-electron chi connectivity index (χ3n) is 4.08. The largest absolute Gasteiger partial charge is 0.462 e. The number of carbonyl (C=O) groups is 1. The van der Waals surface area contributed by atoms with Gasteiger partial charge < -0.3 is 9.64 Å². The van der Waals surface area contributed by atoms with Crippen LogP contribution in [-0.2, 0) is 4.74 Å². The standard InChI is InChI=1S/C15H19N3O6/c1-3-24-15(19)12-8-11(17(20)21)9-13(18(22)23)14(12)16-6-4-10(2)5-7-16/h8-10H,3-7H2,1-2H3. The lowest BCUT2D eigenvalue weighted by Crippen LogP contribution is -2.34. The average molecular weight is 337 g/mol. The number of hydrogen-bond donors (Lipinski definition) is 0. The van der Waals surface area contributed by atoms with Gasteiger partial charge in [-0.25, -0.2) is 4.79 Å². The Morgan fingerprint density at radius 3 is 2.38 bits per heavy atom. The highest BCUT2D eigenvalue weighted by molar-refractivity contribution is 5.99. The number of non-ortho nitro benzene ring substituents is 1. The zero-order valence-corrected chi connectivity index (χ0v) is 13.6. The molecule has 0 spiro atoms. The zero-order chi connectivity index (χ0) is 17.9. The SMILES string of the molecule is CCOC(=O)c1cc([N+](=O)[O-])cc([N+](=O)[O-])c1N1CCC(C)CC1. The molecule has 0 aliphatic carbocycles. The summed E-state index contributed by atoms with van der Waals surface area (Å²) in [6.45, 7) is 4.87. The van der Waals surface area contributed by atoms with Crippen molar-refractivity contribution in [3.05, 3.63) is 37.9 Å². The molecule has 9 nitrogen and oxygen atoms in total. The summed E-state index contributed by atoms with van der Waals surface area (Å²) in [5, 5.41) is 22.5. The minimum Gasteiger partial charge on any atom is -0.462 e. The number of benzene rings is 1. The molecule has 0 bridgehead atoms. The molecule has 1 aromatic carbocycles. The third-order valence-corrected chi connectivity index (χ3v) is 4.08. The summed E-state index contributed by atoms with van der Waals surface area (Å²) in [6.07, 6.45) is 1.66. The van der Waals surface area contributed by atoms with Gasteiger partial charge in [0.15, 0.2) is 0 Å². The van der Waals surface area contributed by atoms with E-state index in [-0.39, 0.29) is 17.9 Å². The van der Waals surface area contributed by atoms with Crippen LogP contribution in [0.3, 0.4) is 0 Å². The number of nitrogens with zero attached hydrogens (tertiary/aromatic N) is 3. The molecule has 0 radical (unpaired) electrons. The topological polar surface area (TPSA) is 116 Å². The van der Waals surface area contributed by atoms with E-state index in [9.17, 15) is 25.0 Å². The zero-order valence-electron chi connectivity index (χ0n) is 13.6. The van der Waals surface area contributed by atoms with Gasteiger partial charge >= 0.3 is 5.97 Å². The minimum atomic E-state index is -0.794. The first-order chi connectivity index (χ1) is 11.3. The van der Waals surface area contributed by atoms with Gasteiger partial charge in [0.2, 0.25) is 0 Å². The molecular formula is C15H19N3O6. The predicted molar refractivity (Wildman–Crippen MR) is 86.3 cm³/mol. The molecule has 0 N–H and O–H groups in total. The van der Waals surface area contributed by atoms with Gasteiger partial charge in [0.1, 0.15) is 5.69 Å². The van der Waals surface area contributed by atoms with Crippen LogP contribution in [0.1, 0.15) is 37.0 Å². The van der Waals surface area contributed by atoms with Gasteiger partial charge in [-0.1, -0.05) is 6.92 Å². The molecule has 130 valence electrons. The van der Waals surface area contributed by atoms with E-state index < -0.39 is 27.2 Å². The lowest BCUT2D eigenvalue weighted by Gasteiger charge is -2.32. The van der Waals surface area contributed by atoms with Crippen molar-refractivity contribution >= 4 is 23.0 Å². The Kier molecular flexibility index (Phi) is 5.32. The van der Waals surface area contributed by atoms with E-state index in [1.807, 2.05) is 0 Å².